The SMILES string of the molecule is COc1ccc(F)c(-c2ccc(COc3cccc([C@@H](CC(=O)O)C4CC4)c3)cc2C(C)(C)c2cn(CCCCCCCCCCCCCCCCCC(=O)O)nn2)c1. The molecular formula is C49H66FN3O6. The number of aryl methyl sites for hydroxylation is 1. The summed E-state index contributed by atoms with van der Waals surface area (Å²) < 4.78 is 29.2. The number of carboxylic acids is 2. The number of nitrogens with zero attached hydrogens (tertiary/aromatic N) is 3. The van der Waals surface area contributed by atoms with E-state index in [0.29, 0.717) is 29.4 Å². The summed E-state index contributed by atoms with van der Waals surface area (Å²) >= 11 is 0. The van der Waals surface area contributed by atoms with Gasteiger partial charge in [-0.2, -0.15) is 0 Å². The number of benzene rings is 3. The van der Waals surface area contributed by atoms with Crippen molar-refractivity contribution < 1.29 is 33.7 Å². The van der Waals surface area contributed by atoms with Gasteiger partial charge in [-0.3, -0.25) is 14.3 Å². The number of rotatable bonds is 29. The van der Waals surface area contributed by atoms with E-state index in [9.17, 15) is 14.7 Å². The third kappa shape index (κ3) is 14.5. The molecule has 320 valence electrons. The Balaban J connectivity index is 1.13. The summed E-state index contributed by atoms with van der Waals surface area (Å²) in [5.41, 5.74) is 4.17. The van der Waals surface area contributed by atoms with E-state index in [1.54, 1.807) is 19.2 Å². The molecule has 0 aliphatic heterocycles. The van der Waals surface area contributed by atoms with Crippen LogP contribution in [0.3, 0.4) is 0 Å². The average molecular weight is 812 g/mol. The fraction of sp³-hybridized carbons (Fsp3) is 0.551. The van der Waals surface area contributed by atoms with Crippen LogP contribution >= 0.6 is 0 Å². The summed E-state index contributed by atoms with van der Waals surface area (Å²) in [6, 6.07) is 18.6. The molecule has 1 fully saturated rings. The van der Waals surface area contributed by atoms with Crippen molar-refractivity contribution in [2.45, 2.75) is 160 Å². The van der Waals surface area contributed by atoms with Crippen molar-refractivity contribution in [2.75, 3.05) is 7.11 Å². The van der Waals surface area contributed by atoms with E-state index < -0.39 is 17.4 Å². The number of aromatic nitrogens is 3. The number of ether oxygens (including phenoxy) is 2. The van der Waals surface area contributed by atoms with Crippen LogP contribution < -0.4 is 9.47 Å². The lowest BCUT2D eigenvalue weighted by atomic mass is 9.77. The lowest BCUT2D eigenvalue weighted by Crippen LogP contribution is -2.21. The molecule has 59 heavy (non-hydrogen) atoms. The van der Waals surface area contributed by atoms with Crippen molar-refractivity contribution in [1.29, 1.82) is 0 Å². The second kappa shape index (κ2) is 23.2. The van der Waals surface area contributed by atoms with Gasteiger partial charge in [0.15, 0.2) is 0 Å². The zero-order valence-electron chi connectivity index (χ0n) is 35.6. The minimum Gasteiger partial charge on any atom is -0.497 e. The monoisotopic (exact) mass is 811 g/mol. The van der Waals surface area contributed by atoms with Crippen LogP contribution in [0.5, 0.6) is 11.5 Å². The highest BCUT2D eigenvalue weighted by Gasteiger charge is 2.34. The van der Waals surface area contributed by atoms with Crippen LogP contribution in [-0.2, 0) is 28.2 Å². The van der Waals surface area contributed by atoms with Gasteiger partial charge in [-0.25, -0.2) is 4.39 Å². The average Bonchev–Trinajstić information content (AvgIpc) is 3.95. The molecule has 0 bridgehead atoms. The minimum absolute atomic E-state index is 0.0162. The highest BCUT2D eigenvalue weighted by Crippen LogP contribution is 2.45. The molecule has 5 rings (SSSR count). The Morgan fingerprint density at radius 3 is 2.03 bits per heavy atom. The normalized spacial score (nSPS) is 13.4. The summed E-state index contributed by atoms with van der Waals surface area (Å²) in [6.07, 6.45) is 22.5. The van der Waals surface area contributed by atoms with Crippen molar-refractivity contribution in [3.63, 3.8) is 0 Å². The Bertz CT molecular complexity index is 1920. The third-order valence-electron chi connectivity index (χ3n) is 12.0. The predicted molar refractivity (Wildman–Crippen MR) is 231 cm³/mol. The van der Waals surface area contributed by atoms with Crippen LogP contribution in [0, 0.1) is 11.7 Å². The van der Waals surface area contributed by atoms with Gasteiger partial charge >= 0.3 is 11.9 Å². The summed E-state index contributed by atoms with van der Waals surface area (Å²) in [6.45, 7) is 5.27. The molecule has 0 amide bonds. The molecule has 9 nitrogen and oxygen atoms in total. The van der Waals surface area contributed by atoms with Crippen LogP contribution in [0.4, 0.5) is 4.39 Å². The van der Waals surface area contributed by atoms with E-state index in [2.05, 4.69) is 30.2 Å². The topological polar surface area (TPSA) is 124 Å². The molecule has 1 heterocycles. The maximum Gasteiger partial charge on any atom is 0.303 e. The molecule has 1 aromatic heterocycles. The van der Waals surface area contributed by atoms with Crippen LogP contribution in [0.15, 0.2) is 66.9 Å². The summed E-state index contributed by atoms with van der Waals surface area (Å²) in [7, 11) is 1.58. The van der Waals surface area contributed by atoms with Crippen LogP contribution in [0.2, 0.25) is 0 Å². The highest BCUT2D eigenvalue weighted by molar-refractivity contribution is 5.72. The second-order valence-corrected chi connectivity index (χ2v) is 17.1. The summed E-state index contributed by atoms with van der Waals surface area (Å²) in [5, 5.41) is 27.4. The number of halogens is 1. The zero-order chi connectivity index (χ0) is 42.0. The Labute approximate surface area is 350 Å². The predicted octanol–water partition coefficient (Wildman–Crippen LogP) is 12.3. The van der Waals surface area contributed by atoms with E-state index in [4.69, 9.17) is 14.6 Å². The Hall–Kier alpha value is -4.73. The van der Waals surface area contributed by atoms with Crippen molar-refractivity contribution in [3.05, 3.63) is 95.1 Å². The van der Waals surface area contributed by atoms with Gasteiger partial charge in [-0.1, -0.05) is 133 Å². The van der Waals surface area contributed by atoms with Crippen LogP contribution in [0.25, 0.3) is 11.1 Å². The van der Waals surface area contributed by atoms with Crippen molar-refractivity contribution >= 4 is 11.9 Å². The van der Waals surface area contributed by atoms with E-state index in [1.807, 2.05) is 47.3 Å². The second-order valence-electron chi connectivity index (χ2n) is 17.1. The number of aliphatic carboxylic acids is 2. The fourth-order valence-electron chi connectivity index (χ4n) is 8.20. The van der Waals surface area contributed by atoms with Gasteiger partial charge in [0.05, 0.1) is 19.2 Å². The number of hydrogen-bond acceptors (Lipinski definition) is 6. The molecule has 0 unspecified atom stereocenters. The van der Waals surface area contributed by atoms with E-state index in [0.717, 1.165) is 79.4 Å². The van der Waals surface area contributed by atoms with E-state index in [1.165, 1.54) is 70.3 Å². The van der Waals surface area contributed by atoms with Crippen molar-refractivity contribution in [3.8, 4) is 22.6 Å². The van der Waals surface area contributed by atoms with Crippen molar-refractivity contribution in [2.24, 2.45) is 5.92 Å². The number of methoxy groups -OCH3 is 1. The number of hydrogen-bond donors (Lipinski definition) is 2. The first-order valence-corrected chi connectivity index (χ1v) is 22.1. The molecule has 4 aromatic rings. The maximum atomic E-state index is 15.5. The quantitative estimate of drug-likeness (QED) is 0.0520. The molecule has 1 saturated carbocycles. The molecular weight excluding hydrogens is 746 g/mol. The highest BCUT2D eigenvalue weighted by atomic mass is 19.1. The summed E-state index contributed by atoms with van der Waals surface area (Å²) in [5.74, 6) is -0.162. The zero-order valence-corrected chi connectivity index (χ0v) is 35.6. The van der Waals surface area contributed by atoms with E-state index >= 15 is 4.39 Å². The van der Waals surface area contributed by atoms with Crippen LogP contribution in [-0.4, -0.2) is 44.3 Å². The molecule has 0 spiro atoms. The van der Waals surface area contributed by atoms with Crippen molar-refractivity contribution in [1.82, 2.24) is 15.0 Å². The number of carbonyl (C=O) groups is 2. The summed E-state index contributed by atoms with van der Waals surface area (Å²) in [4.78, 5) is 22.2. The Morgan fingerprint density at radius 2 is 1.42 bits per heavy atom. The maximum absolute atomic E-state index is 15.5. The Morgan fingerprint density at radius 1 is 0.780 bits per heavy atom. The first-order chi connectivity index (χ1) is 28.5. The van der Waals surface area contributed by atoms with Gasteiger partial charge in [0.25, 0.3) is 0 Å². The van der Waals surface area contributed by atoms with E-state index in [-0.39, 0.29) is 24.8 Å². The molecule has 10 heteroatoms. The van der Waals surface area contributed by atoms with Crippen LogP contribution in [0.1, 0.15) is 164 Å². The molecule has 3 aromatic carbocycles. The van der Waals surface area contributed by atoms with Gasteiger partial charge in [-0.05, 0) is 90.1 Å². The number of carboxylic acid groups (broad SMARTS) is 2. The van der Waals surface area contributed by atoms with Gasteiger partial charge in [0, 0.05) is 30.1 Å². The largest absolute Gasteiger partial charge is 0.497 e. The number of unbranched alkanes of at least 4 members (excludes halogenated alkanes) is 14. The first kappa shape index (κ1) is 45.4. The van der Waals surface area contributed by atoms with Gasteiger partial charge in [0.1, 0.15) is 23.9 Å². The van der Waals surface area contributed by atoms with Gasteiger partial charge < -0.3 is 19.7 Å². The Kier molecular flexibility index (Phi) is 17.8. The molecule has 0 radical (unpaired) electrons. The molecule has 0 saturated heterocycles. The lowest BCUT2D eigenvalue weighted by Gasteiger charge is -2.27. The first-order valence-electron chi connectivity index (χ1n) is 22.1. The molecule has 1 aliphatic rings. The minimum atomic E-state index is -0.785. The van der Waals surface area contributed by atoms with Gasteiger partial charge in [0.2, 0.25) is 0 Å². The molecule has 1 aliphatic carbocycles. The standard InChI is InChI=1S/C49H66FN3O6/c1-49(2,46-34-53(52-51-46)29-18-16-14-12-10-8-6-4-5-7-9-11-13-15-17-22-47(54)55)44-30-36(23-27-41(44)43-32-39(58-3)26-28-45(43)50)35-59-40-21-19-20-38(31-40)42(33-48(56)57)37-24-25-37/h19-21,23,26-28,30-32,34,37,42H,4-18,22,24-25,29,33,35H2,1-3H3,(H,54,55)(H,56,57)/t42-/m0/s1. The molecule has 2 N–H and O–H groups in total. The lowest BCUT2D eigenvalue weighted by molar-refractivity contribution is -0.138. The smallest absolute Gasteiger partial charge is 0.303 e. The van der Waals surface area contributed by atoms with Gasteiger partial charge in [-0.15, -0.1) is 5.10 Å². The third-order valence-corrected chi connectivity index (χ3v) is 12.0. The molecule has 1 atom stereocenters. The fourth-order valence-corrected chi connectivity index (χ4v) is 8.20.